The van der Waals surface area contributed by atoms with Gasteiger partial charge in [0.05, 0.1) is 13.3 Å². The van der Waals surface area contributed by atoms with Crippen LogP contribution in [0.3, 0.4) is 0 Å². The van der Waals surface area contributed by atoms with Crippen LogP contribution in [0.2, 0.25) is 0 Å². The van der Waals surface area contributed by atoms with E-state index >= 15 is 0 Å². The molecule has 0 radical (unpaired) electrons. The van der Waals surface area contributed by atoms with Crippen molar-refractivity contribution >= 4 is 11.7 Å². The van der Waals surface area contributed by atoms with Crippen LogP contribution in [0.15, 0.2) is 42.9 Å². The smallest absolute Gasteiger partial charge is 0.321 e. The monoisotopic (exact) mass is 328 g/mol. The Morgan fingerprint density at radius 1 is 1.21 bits per heavy atom. The quantitative estimate of drug-likeness (QED) is 0.933. The standard InChI is InChI=1S/C17H20N4O3/c1-23-14-4-2-13(3-5-14)20-17(22)21-10-6-15(7-11-21)24-16-12-18-8-9-19-16/h2-5,8-9,12,15H,6-7,10-11H2,1H3,(H,20,22). The summed E-state index contributed by atoms with van der Waals surface area (Å²) in [6.45, 7) is 1.29. The van der Waals surface area contributed by atoms with Gasteiger partial charge in [-0.15, -0.1) is 0 Å². The van der Waals surface area contributed by atoms with Crippen molar-refractivity contribution in [2.24, 2.45) is 0 Å². The van der Waals surface area contributed by atoms with Gasteiger partial charge in [0.2, 0.25) is 5.88 Å². The van der Waals surface area contributed by atoms with Crippen molar-refractivity contribution in [2.75, 3.05) is 25.5 Å². The molecule has 2 aromatic rings. The van der Waals surface area contributed by atoms with E-state index in [9.17, 15) is 4.79 Å². The van der Waals surface area contributed by atoms with Crippen LogP contribution in [0.1, 0.15) is 12.8 Å². The average molecular weight is 328 g/mol. The summed E-state index contributed by atoms with van der Waals surface area (Å²) < 4.78 is 10.9. The number of ether oxygens (including phenoxy) is 2. The van der Waals surface area contributed by atoms with Crippen molar-refractivity contribution < 1.29 is 14.3 Å². The Bertz CT molecular complexity index is 655. The Morgan fingerprint density at radius 2 is 1.96 bits per heavy atom. The molecule has 0 saturated carbocycles. The fourth-order valence-electron chi connectivity index (χ4n) is 2.57. The van der Waals surface area contributed by atoms with Crippen molar-refractivity contribution in [3.8, 4) is 11.6 Å². The van der Waals surface area contributed by atoms with E-state index in [4.69, 9.17) is 9.47 Å². The number of carbonyl (C=O) groups excluding carboxylic acids is 1. The molecule has 1 aliphatic heterocycles. The lowest BCUT2D eigenvalue weighted by Gasteiger charge is -2.31. The number of hydrogen-bond acceptors (Lipinski definition) is 5. The maximum atomic E-state index is 12.3. The van der Waals surface area contributed by atoms with Gasteiger partial charge in [-0.2, -0.15) is 0 Å². The first-order valence-corrected chi connectivity index (χ1v) is 7.87. The van der Waals surface area contributed by atoms with Crippen LogP contribution in [-0.2, 0) is 0 Å². The number of likely N-dealkylation sites (tertiary alicyclic amines) is 1. The molecule has 0 aliphatic carbocycles. The lowest BCUT2D eigenvalue weighted by molar-refractivity contribution is 0.111. The van der Waals surface area contributed by atoms with Gasteiger partial charge in [0.1, 0.15) is 11.9 Å². The van der Waals surface area contributed by atoms with Crippen LogP contribution in [0.5, 0.6) is 11.6 Å². The molecule has 0 unspecified atom stereocenters. The number of benzene rings is 1. The third-order valence-electron chi connectivity index (χ3n) is 3.90. The van der Waals surface area contributed by atoms with E-state index in [0.717, 1.165) is 24.3 Å². The Labute approximate surface area is 140 Å². The Balaban J connectivity index is 1.47. The molecule has 0 bridgehead atoms. The molecule has 7 heteroatoms. The predicted octanol–water partition coefficient (Wildman–Crippen LogP) is 2.56. The highest BCUT2D eigenvalue weighted by Crippen LogP contribution is 2.19. The number of hydrogen-bond donors (Lipinski definition) is 1. The molecule has 1 N–H and O–H groups in total. The fraction of sp³-hybridized carbons (Fsp3) is 0.353. The predicted molar refractivity (Wildman–Crippen MR) is 89.3 cm³/mol. The lowest BCUT2D eigenvalue weighted by Crippen LogP contribution is -2.43. The third kappa shape index (κ3) is 4.13. The molecule has 2 amide bonds. The number of carbonyl (C=O) groups is 1. The van der Waals surface area contributed by atoms with Gasteiger partial charge in [-0.3, -0.25) is 4.98 Å². The van der Waals surface area contributed by atoms with Crippen LogP contribution in [0.25, 0.3) is 0 Å². The van der Waals surface area contributed by atoms with Crippen LogP contribution in [0.4, 0.5) is 10.5 Å². The summed E-state index contributed by atoms with van der Waals surface area (Å²) in [6.07, 6.45) is 6.42. The molecule has 1 fully saturated rings. The van der Waals surface area contributed by atoms with E-state index in [0.29, 0.717) is 19.0 Å². The molecule has 1 saturated heterocycles. The normalized spacial score (nSPS) is 15.0. The number of piperidine rings is 1. The zero-order valence-electron chi connectivity index (χ0n) is 13.5. The summed E-state index contributed by atoms with van der Waals surface area (Å²) in [6, 6.07) is 7.17. The van der Waals surface area contributed by atoms with Gasteiger partial charge >= 0.3 is 6.03 Å². The molecule has 1 aromatic heterocycles. The van der Waals surface area contributed by atoms with Gasteiger partial charge in [0.25, 0.3) is 0 Å². The van der Waals surface area contributed by atoms with Gasteiger partial charge in [-0.1, -0.05) is 0 Å². The maximum absolute atomic E-state index is 12.3. The van der Waals surface area contributed by atoms with Gasteiger partial charge in [0.15, 0.2) is 0 Å². The highest BCUT2D eigenvalue weighted by atomic mass is 16.5. The van der Waals surface area contributed by atoms with Crippen LogP contribution in [-0.4, -0.2) is 47.2 Å². The van der Waals surface area contributed by atoms with E-state index in [-0.39, 0.29) is 12.1 Å². The molecule has 24 heavy (non-hydrogen) atoms. The van der Waals surface area contributed by atoms with E-state index in [1.165, 1.54) is 0 Å². The molecule has 7 nitrogen and oxygen atoms in total. The molecule has 126 valence electrons. The van der Waals surface area contributed by atoms with Crippen molar-refractivity contribution in [1.29, 1.82) is 0 Å². The first-order chi connectivity index (χ1) is 11.7. The van der Waals surface area contributed by atoms with Crippen molar-refractivity contribution in [3.05, 3.63) is 42.9 Å². The van der Waals surface area contributed by atoms with Gasteiger partial charge in [0, 0.05) is 44.0 Å². The van der Waals surface area contributed by atoms with Crippen LogP contribution < -0.4 is 14.8 Å². The molecule has 0 spiro atoms. The average Bonchev–Trinajstić information content (AvgIpc) is 2.64. The minimum absolute atomic E-state index is 0.0618. The highest BCUT2D eigenvalue weighted by Gasteiger charge is 2.24. The summed E-state index contributed by atoms with van der Waals surface area (Å²) in [4.78, 5) is 22.2. The minimum Gasteiger partial charge on any atom is -0.497 e. The van der Waals surface area contributed by atoms with Crippen molar-refractivity contribution in [1.82, 2.24) is 14.9 Å². The summed E-state index contributed by atoms with van der Waals surface area (Å²) in [5.41, 5.74) is 0.749. The van der Waals surface area contributed by atoms with Gasteiger partial charge < -0.3 is 19.7 Å². The number of aromatic nitrogens is 2. The number of urea groups is 1. The molecule has 3 rings (SSSR count). The van der Waals surface area contributed by atoms with Gasteiger partial charge in [-0.05, 0) is 24.3 Å². The van der Waals surface area contributed by atoms with Gasteiger partial charge in [-0.25, -0.2) is 9.78 Å². The first kappa shape index (κ1) is 16.0. The second-order valence-electron chi connectivity index (χ2n) is 5.51. The van der Waals surface area contributed by atoms with E-state index in [1.807, 2.05) is 24.3 Å². The third-order valence-corrected chi connectivity index (χ3v) is 3.90. The highest BCUT2D eigenvalue weighted by molar-refractivity contribution is 5.89. The Kier molecular flexibility index (Phi) is 5.10. The van der Waals surface area contributed by atoms with Crippen LogP contribution >= 0.6 is 0 Å². The molecule has 1 aromatic carbocycles. The second kappa shape index (κ2) is 7.63. The zero-order valence-corrected chi connectivity index (χ0v) is 13.5. The van der Waals surface area contributed by atoms with Crippen LogP contribution in [0, 0.1) is 0 Å². The number of rotatable bonds is 4. The SMILES string of the molecule is COc1ccc(NC(=O)N2CCC(Oc3cnccn3)CC2)cc1. The Hall–Kier alpha value is -2.83. The molecule has 2 heterocycles. The zero-order chi connectivity index (χ0) is 16.8. The largest absolute Gasteiger partial charge is 0.497 e. The summed E-state index contributed by atoms with van der Waals surface area (Å²) in [5, 5.41) is 2.90. The van der Waals surface area contributed by atoms with E-state index in [2.05, 4.69) is 15.3 Å². The molecular formula is C17H20N4O3. The number of methoxy groups -OCH3 is 1. The number of anilines is 1. The first-order valence-electron chi connectivity index (χ1n) is 7.87. The summed E-state index contributed by atoms with van der Waals surface area (Å²) >= 11 is 0. The van der Waals surface area contributed by atoms with Crippen molar-refractivity contribution in [2.45, 2.75) is 18.9 Å². The Morgan fingerprint density at radius 3 is 2.58 bits per heavy atom. The summed E-state index contributed by atoms with van der Waals surface area (Å²) in [5.74, 6) is 1.29. The van der Waals surface area contributed by atoms with E-state index < -0.39 is 0 Å². The summed E-state index contributed by atoms with van der Waals surface area (Å²) in [7, 11) is 1.61. The fourth-order valence-corrected chi connectivity index (χ4v) is 2.57. The number of nitrogens with one attached hydrogen (secondary N) is 1. The molecule has 1 aliphatic rings. The van der Waals surface area contributed by atoms with E-state index in [1.54, 1.807) is 30.6 Å². The lowest BCUT2D eigenvalue weighted by atomic mass is 10.1. The van der Waals surface area contributed by atoms with Crippen molar-refractivity contribution in [3.63, 3.8) is 0 Å². The maximum Gasteiger partial charge on any atom is 0.321 e. The number of nitrogens with zero attached hydrogens (tertiary/aromatic N) is 3. The topological polar surface area (TPSA) is 76.6 Å². The molecular weight excluding hydrogens is 308 g/mol. The number of amides is 2. The second-order valence-corrected chi connectivity index (χ2v) is 5.51. The minimum atomic E-state index is -0.0990. The molecule has 0 atom stereocenters.